The summed E-state index contributed by atoms with van der Waals surface area (Å²) in [5.41, 5.74) is 0.905. The van der Waals surface area contributed by atoms with Crippen LogP contribution in [0.25, 0.3) is 0 Å². The summed E-state index contributed by atoms with van der Waals surface area (Å²) in [4.78, 5) is 0. The van der Waals surface area contributed by atoms with Crippen molar-refractivity contribution in [2.24, 2.45) is 5.92 Å². The van der Waals surface area contributed by atoms with Gasteiger partial charge in [0.25, 0.3) is 0 Å². The summed E-state index contributed by atoms with van der Waals surface area (Å²) in [6, 6.07) is 4.83. The van der Waals surface area contributed by atoms with Crippen LogP contribution in [-0.4, -0.2) is 26.9 Å². The van der Waals surface area contributed by atoms with Gasteiger partial charge in [-0.2, -0.15) is 0 Å². The zero-order valence-corrected chi connectivity index (χ0v) is 12.0. The molecule has 108 valence electrons. The van der Waals surface area contributed by atoms with Crippen LogP contribution in [0.5, 0.6) is 5.75 Å². The van der Waals surface area contributed by atoms with Gasteiger partial charge in [-0.25, -0.2) is 4.39 Å². The monoisotopic (exact) mass is 269 g/mol. The maximum Gasteiger partial charge on any atom is 0.127 e. The van der Waals surface area contributed by atoms with Gasteiger partial charge in [-0.3, -0.25) is 0 Å². The van der Waals surface area contributed by atoms with Crippen LogP contribution >= 0.6 is 0 Å². The molecule has 0 aliphatic heterocycles. The highest BCUT2D eigenvalue weighted by Gasteiger charge is 2.02. The number of halogens is 1. The molecule has 0 spiro atoms. The van der Waals surface area contributed by atoms with E-state index in [4.69, 9.17) is 9.47 Å². The molecular formula is C15H24FNO2. The molecule has 3 nitrogen and oxygen atoms in total. The summed E-state index contributed by atoms with van der Waals surface area (Å²) in [6.07, 6.45) is 0.800. The van der Waals surface area contributed by atoms with Gasteiger partial charge >= 0.3 is 0 Å². The standard InChI is InChI=1S/C15H24FNO2/c1-12(2)10-17-11-13-7-14(16)9-15(8-13)19-6-4-5-18-3/h7-9,12,17H,4-6,10-11H2,1-3H3. The first-order valence-electron chi connectivity index (χ1n) is 6.73. The van der Waals surface area contributed by atoms with Crippen LogP contribution in [0.2, 0.25) is 0 Å². The normalized spacial score (nSPS) is 11.0. The molecule has 0 unspecified atom stereocenters. The van der Waals surface area contributed by atoms with Gasteiger partial charge in [0, 0.05) is 32.7 Å². The van der Waals surface area contributed by atoms with E-state index in [-0.39, 0.29) is 5.82 Å². The van der Waals surface area contributed by atoms with Crippen molar-refractivity contribution in [3.8, 4) is 5.75 Å². The van der Waals surface area contributed by atoms with E-state index in [0.29, 0.717) is 31.4 Å². The zero-order chi connectivity index (χ0) is 14.1. The van der Waals surface area contributed by atoms with E-state index >= 15 is 0 Å². The number of ether oxygens (including phenoxy) is 2. The van der Waals surface area contributed by atoms with Crippen LogP contribution in [0, 0.1) is 11.7 Å². The Balaban J connectivity index is 2.46. The first-order valence-corrected chi connectivity index (χ1v) is 6.73. The Hall–Kier alpha value is -1.13. The van der Waals surface area contributed by atoms with Crippen molar-refractivity contribution in [3.63, 3.8) is 0 Å². The molecule has 1 N–H and O–H groups in total. The average Bonchev–Trinajstić information content (AvgIpc) is 2.34. The molecule has 0 radical (unpaired) electrons. The van der Waals surface area contributed by atoms with Gasteiger partial charge < -0.3 is 14.8 Å². The summed E-state index contributed by atoms with van der Waals surface area (Å²) in [7, 11) is 1.65. The highest BCUT2D eigenvalue weighted by molar-refractivity contribution is 5.29. The highest BCUT2D eigenvalue weighted by Crippen LogP contribution is 2.16. The van der Waals surface area contributed by atoms with Crippen LogP contribution in [0.3, 0.4) is 0 Å². The van der Waals surface area contributed by atoms with Crippen LogP contribution in [-0.2, 0) is 11.3 Å². The average molecular weight is 269 g/mol. The van der Waals surface area contributed by atoms with E-state index in [1.165, 1.54) is 12.1 Å². The highest BCUT2D eigenvalue weighted by atomic mass is 19.1. The summed E-state index contributed by atoms with van der Waals surface area (Å²) >= 11 is 0. The lowest BCUT2D eigenvalue weighted by Gasteiger charge is -2.10. The van der Waals surface area contributed by atoms with Gasteiger partial charge in [-0.05, 0) is 30.2 Å². The summed E-state index contributed by atoms with van der Waals surface area (Å²) in [5, 5.41) is 3.29. The number of hydrogen-bond donors (Lipinski definition) is 1. The fourth-order valence-corrected chi connectivity index (χ4v) is 1.70. The molecular weight excluding hydrogens is 245 g/mol. The number of methoxy groups -OCH3 is 1. The SMILES string of the molecule is COCCCOc1cc(F)cc(CNCC(C)C)c1. The van der Waals surface area contributed by atoms with Gasteiger partial charge in [0.2, 0.25) is 0 Å². The lowest BCUT2D eigenvalue weighted by atomic mass is 10.2. The van der Waals surface area contributed by atoms with Crippen molar-refractivity contribution in [2.45, 2.75) is 26.8 Å². The second-order valence-corrected chi connectivity index (χ2v) is 5.01. The predicted molar refractivity (Wildman–Crippen MR) is 74.9 cm³/mol. The number of benzene rings is 1. The first-order chi connectivity index (χ1) is 9.11. The Morgan fingerprint density at radius 3 is 2.68 bits per heavy atom. The third kappa shape index (κ3) is 7.13. The van der Waals surface area contributed by atoms with Gasteiger partial charge in [-0.15, -0.1) is 0 Å². The molecule has 0 saturated carbocycles. The minimum absolute atomic E-state index is 0.259. The van der Waals surface area contributed by atoms with Gasteiger partial charge in [0.1, 0.15) is 11.6 Å². The Morgan fingerprint density at radius 1 is 1.21 bits per heavy atom. The second kappa shape index (κ2) is 8.88. The summed E-state index contributed by atoms with van der Waals surface area (Å²) in [5.74, 6) is 0.904. The van der Waals surface area contributed by atoms with Crippen molar-refractivity contribution in [2.75, 3.05) is 26.9 Å². The molecule has 0 aliphatic carbocycles. The summed E-state index contributed by atoms with van der Waals surface area (Å²) < 4.78 is 23.9. The predicted octanol–water partition coefficient (Wildman–Crippen LogP) is 2.99. The second-order valence-electron chi connectivity index (χ2n) is 5.01. The Kier molecular flexibility index (Phi) is 7.45. The van der Waals surface area contributed by atoms with Gasteiger partial charge in [-0.1, -0.05) is 13.8 Å². The van der Waals surface area contributed by atoms with E-state index in [1.807, 2.05) is 6.07 Å². The van der Waals surface area contributed by atoms with Crippen LogP contribution in [0.1, 0.15) is 25.8 Å². The number of rotatable bonds is 9. The van der Waals surface area contributed by atoms with Crippen molar-refractivity contribution in [1.82, 2.24) is 5.32 Å². The maximum absolute atomic E-state index is 13.5. The van der Waals surface area contributed by atoms with Crippen LogP contribution in [0.15, 0.2) is 18.2 Å². The zero-order valence-electron chi connectivity index (χ0n) is 12.0. The largest absolute Gasteiger partial charge is 0.493 e. The Morgan fingerprint density at radius 2 is 2.00 bits per heavy atom. The van der Waals surface area contributed by atoms with E-state index in [1.54, 1.807) is 7.11 Å². The molecule has 4 heteroatoms. The third-order valence-electron chi connectivity index (χ3n) is 2.57. The molecule has 0 amide bonds. The fraction of sp³-hybridized carbons (Fsp3) is 0.600. The maximum atomic E-state index is 13.5. The van der Waals surface area contributed by atoms with Crippen molar-refractivity contribution < 1.29 is 13.9 Å². The molecule has 0 bridgehead atoms. The van der Waals surface area contributed by atoms with Gasteiger partial charge in [0.15, 0.2) is 0 Å². The number of nitrogens with one attached hydrogen (secondary N) is 1. The molecule has 0 aliphatic rings. The lowest BCUT2D eigenvalue weighted by molar-refractivity contribution is 0.172. The topological polar surface area (TPSA) is 30.5 Å². The van der Waals surface area contributed by atoms with Crippen molar-refractivity contribution >= 4 is 0 Å². The molecule has 0 heterocycles. The van der Waals surface area contributed by atoms with E-state index < -0.39 is 0 Å². The molecule has 0 fully saturated rings. The van der Waals surface area contributed by atoms with Crippen LogP contribution < -0.4 is 10.1 Å². The van der Waals surface area contributed by atoms with E-state index in [2.05, 4.69) is 19.2 Å². The smallest absolute Gasteiger partial charge is 0.127 e. The molecule has 1 rings (SSSR count). The van der Waals surface area contributed by atoms with Crippen molar-refractivity contribution in [3.05, 3.63) is 29.6 Å². The fourth-order valence-electron chi connectivity index (χ4n) is 1.70. The molecule has 1 aromatic carbocycles. The number of hydrogen-bond acceptors (Lipinski definition) is 3. The molecule has 1 aromatic rings. The van der Waals surface area contributed by atoms with Gasteiger partial charge in [0.05, 0.1) is 6.61 Å². The van der Waals surface area contributed by atoms with Crippen LogP contribution in [0.4, 0.5) is 4.39 Å². The third-order valence-corrected chi connectivity index (χ3v) is 2.57. The molecule has 19 heavy (non-hydrogen) atoms. The van der Waals surface area contributed by atoms with E-state index in [9.17, 15) is 4.39 Å². The minimum Gasteiger partial charge on any atom is -0.493 e. The first kappa shape index (κ1) is 15.9. The quantitative estimate of drug-likeness (QED) is 0.699. The minimum atomic E-state index is -0.259. The molecule has 0 aromatic heterocycles. The Bertz CT molecular complexity index is 369. The van der Waals surface area contributed by atoms with E-state index in [0.717, 1.165) is 18.5 Å². The summed E-state index contributed by atoms with van der Waals surface area (Å²) in [6.45, 7) is 7.05. The molecule has 0 saturated heterocycles. The Labute approximate surface area is 115 Å². The molecule has 0 atom stereocenters. The van der Waals surface area contributed by atoms with Crippen molar-refractivity contribution in [1.29, 1.82) is 0 Å². The lowest BCUT2D eigenvalue weighted by Crippen LogP contribution is -2.19.